The Morgan fingerprint density at radius 1 is 0.692 bits per heavy atom. The minimum Gasteiger partial charge on any atom is -0.377 e. The van der Waals surface area contributed by atoms with Crippen molar-refractivity contribution in [3.63, 3.8) is 0 Å². The summed E-state index contributed by atoms with van der Waals surface area (Å²) in [7, 11) is 0. The molecule has 0 aromatic heterocycles. The first-order valence-corrected chi connectivity index (χ1v) is 8.74. The Morgan fingerprint density at radius 3 is 1.73 bits per heavy atom. The number of halogens is 6. The molecule has 0 aliphatic rings. The third-order valence-electron chi connectivity index (χ3n) is 3.89. The SMILES string of the molecule is FC(F)(F)N(CCCCCCCCCOCc1ccccc1)C(F)(F)F. The summed E-state index contributed by atoms with van der Waals surface area (Å²) in [6.07, 6.45) is -6.36. The Morgan fingerprint density at radius 2 is 1.19 bits per heavy atom. The van der Waals surface area contributed by atoms with Gasteiger partial charge in [0.05, 0.1) is 6.61 Å². The molecule has 1 aromatic rings. The van der Waals surface area contributed by atoms with Crippen LogP contribution in [0, 0.1) is 0 Å². The molecule has 1 aromatic carbocycles. The van der Waals surface area contributed by atoms with Gasteiger partial charge in [0.1, 0.15) is 0 Å². The van der Waals surface area contributed by atoms with Crippen LogP contribution in [0.2, 0.25) is 0 Å². The summed E-state index contributed by atoms with van der Waals surface area (Å²) in [6.45, 7) is 0.164. The lowest BCUT2D eigenvalue weighted by atomic mass is 10.1. The van der Waals surface area contributed by atoms with Crippen molar-refractivity contribution in [1.82, 2.24) is 4.90 Å². The van der Waals surface area contributed by atoms with Crippen LogP contribution >= 0.6 is 0 Å². The number of unbranched alkanes of at least 4 members (excludes halogenated alkanes) is 6. The van der Waals surface area contributed by atoms with Crippen LogP contribution in [0.25, 0.3) is 0 Å². The van der Waals surface area contributed by atoms with Crippen LogP contribution in [0.15, 0.2) is 30.3 Å². The zero-order valence-corrected chi connectivity index (χ0v) is 14.6. The van der Waals surface area contributed by atoms with E-state index in [0.717, 1.165) is 31.2 Å². The number of rotatable bonds is 12. The van der Waals surface area contributed by atoms with Crippen molar-refractivity contribution in [2.24, 2.45) is 0 Å². The summed E-state index contributed by atoms with van der Waals surface area (Å²) in [5.41, 5.74) is 1.11. The summed E-state index contributed by atoms with van der Waals surface area (Å²) >= 11 is 0. The number of ether oxygens (including phenoxy) is 1. The fourth-order valence-electron chi connectivity index (χ4n) is 2.52. The van der Waals surface area contributed by atoms with Crippen molar-refractivity contribution in [1.29, 1.82) is 0 Å². The molecule has 150 valence electrons. The topological polar surface area (TPSA) is 12.5 Å². The van der Waals surface area contributed by atoms with Crippen LogP contribution < -0.4 is 0 Å². The van der Waals surface area contributed by atoms with Crippen molar-refractivity contribution < 1.29 is 31.1 Å². The molecule has 0 radical (unpaired) electrons. The summed E-state index contributed by atoms with van der Waals surface area (Å²) in [5, 5.41) is 0. The van der Waals surface area contributed by atoms with E-state index in [1.165, 1.54) is 0 Å². The van der Waals surface area contributed by atoms with E-state index >= 15 is 0 Å². The number of nitrogens with zero attached hydrogens (tertiary/aromatic N) is 1. The van der Waals surface area contributed by atoms with Crippen molar-refractivity contribution in [3.05, 3.63) is 35.9 Å². The van der Waals surface area contributed by atoms with Crippen LogP contribution in [0.4, 0.5) is 26.3 Å². The molecule has 0 saturated heterocycles. The van der Waals surface area contributed by atoms with E-state index in [0.29, 0.717) is 26.1 Å². The van der Waals surface area contributed by atoms with Crippen LogP contribution in [-0.2, 0) is 11.3 Å². The second kappa shape index (κ2) is 11.4. The molecule has 0 aliphatic heterocycles. The van der Waals surface area contributed by atoms with Gasteiger partial charge >= 0.3 is 12.6 Å². The van der Waals surface area contributed by atoms with Crippen molar-refractivity contribution in [3.8, 4) is 0 Å². The fourth-order valence-corrected chi connectivity index (χ4v) is 2.52. The highest BCUT2D eigenvalue weighted by atomic mass is 19.4. The smallest absolute Gasteiger partial charge is 0.377 e. The Labute approximate surface area is 150 Å². The van der Waals surface area contributed by atoms with Crippen LogP contribution in [0.1, 0.15) is 50.5 Å². The van der Waals surface area contributed by atoms with Crippen molar-refractivity contribution in [2.75, 3.05) is 13.2 Å². The van der Waals surface area contributed by atoms with Gasteiger partial charge in [0, 0.05) is 13.2 Å². The van der Waals surface area contributed by atoms with Crippen LogP contribution in [-0.4, -0.2) is 30.7 Å². The average Bonchev–Trinajstić information content (AvgIpc) is 2.54. The molecular formula is C18H25F6NO. The van der Waals surface area contributed by atoms with Crippen molar-refractivity contribution in [2.45, 2.75) is 64.2 Å². The van der Waals surface area contributed by atoms with Gasteiger partial charge < -0.3 is 4.74 Å². The summed E-state index contributed by atoms with van der Waals surface area (Å²) < 4.78 is 79.3. The van der Waals surface area contributed by atoms with Gasteiger partial charge in [-0.3, -0.25) is 0 Å². The van der Waals surface area contributed by atoms with Crippen LogP contribution in [0.3, 0.4) is 0 Å². The molecule has 0 fully saturated rings. The molecule has 0 saturated carbocycles. The van der Waals surface area contributed by atoms with Crippen LogP contribution in [0.5, 0.6) is 0 Å². The van der Waals surface area contributed by atoms with Gasteiger partial charge in [0.2, 0.25) is 0 Å². The summed E-state index contributed by atoms with van der Waals surface area (Å²) in [5.74, 6) is 0. The molecule has 26 heavy (non-hydrogen) atoms. The minimum absolute atomic E-state index is 0.126. The standard InChI is InChI=1S/C18H25F6NO/c19-17(20,21)25(18(22,23)24)13-9-4-2-1-3-5-10-14-26-15-16-11-7-6-8-12-16/h6-8,11-12H,1-5,9-10,13-15H2. The Kier molecular flexibility index (Phi) is 10.0. The lowest BCUT2D eigenvalue weighted by Gasteiger charge is -2.26. The highest BCUT2D eigenvalue weighted by Gasteiger charge is 2.53. The second-order valence-corrected chi connectivity index (χ2v) is 6.10. The van der Waals surface area contributed by atoms with E-state index in [1.54, 1.807) is 0 Å². The predicted octanol–water partition coefficient (Wildman–Crippen LogP) is 6.28. The average molecular weight is 385 g/mol. The van der Waals surface area contributed by atoms with Crippen molar-refractivity contribution >= 4 is 0 Å². The zero-order chi connectivity index (χ0) is 19.5. The third kappa shape index (κ3) is 10.0. The molecule has 0 bridgehead atoms. The first kappa shape index (κ1) is 22.8. The van der Waals surface area contributed by atoms with E-state index < -0.39 is 24.0 Å². The number of benzene rings is 1. The second-order valence-electron chi connectivity index (χ2n) is 6.10. The quantitative estimate of drug-likeness (QED) is 0.239. The predicted molar refractivity (Wildman–Crippen MR) is 87.2 cm³/mol. The fraction of sp³-hybridized carbons (Fsp3) is 0.667. The number of alkyl halides is 6. The molecule has 0 aliphatic carbocycles. The van der Waals surface area contributed by atoms with Gasteiger partial charge in [-0.1, -0.05) is 62.4 Å². The molecule has 1 rings (SSSR count). The van der Waals surface area contributed by atoms with E-state index in [1.807, 2.05) is 30.3 Å². The highest BCUT2D eigenvalue weighted by Crippen LogP contribution is 2.33. The largest absolute Gasteiger partial charge is 0.467 e. The van der Waals surface area contributed by atoms with Gasteiger partial charge in [-0.05, 0) is 18.4 Å². The van der Waals surface area contributed by atoms with Gasteiger partial charge in [-0.2, -0.15) is 26.3 Å². The van der Waals surface area contributed by atoms with Gasteiger partial charge in [0.15, 0.2) is 0 Å². The third-order valence-corrected chi connectivity index (χ3v) is 3.89. The van der Waals surface area contributed by atoms with E-state index in [-0.39, 0.29) is 6.42 Å². The molecule has 2 nitrogen and oxygen atoms in total. The Hall–Kier alpha value is -1.28. The number of hydrogen-bond acceptors (Lipinski definition) is 2. The van der Waals surface area contributed by atoms with Gasteiger partial charge in [0.25, 0.3) is 0 Å². The lowest BCUT2D eigenvalue weighted by Crippen LogP contribution is -2.48. The summed E-state index contributed by atoms with van der Waals surface area (Å²) in [4.78, 5) is -1.36. The first-order valence-electron chi connectivity index (χ1n) is 8.74. The molecule has 0 spiro atoms. The Bertz CT molecular complexity index is 461. The summed E-state index contributed by atoms with van der Waals surface area (Å²) in [6, 6.07) is 9.80. The van der Waals surface area contributed by atoms with E-state index in [9.17, 15) is 26.3 Å². The minimum atomic E-state index is -5.38. The van der Waals surface area contributed by atoms with Gasteiger partial charge in [-0.15, -0.1) is 4.90 Å². The molecular weight excluding hydrogens is 360 g/mol. The van der Waals surface area contributed by atoms with E-state index in [4.69, 9.17) is 4.74 Å². The maximum Gasteiger partial charge on any atom is 0.467 e. The monoisotopic (exact) mass is 385 g/mol. The molecule has 0 heterocycles. The molecule has 0 amide bonds. The van der Waals surface area contributed by atoms with E-state index in [2.05, 4.69) is 0 Å². The molecule has 0 N–H and O–H groups in total. The lowest BCUT2D eigenvalue weighted by molar-refractivity contribution is -0.372. The molecule has 8 heteroatoms. The normalized spacial score (nSPS) is 12.7. The highest BCUT2D eigenvalue weighted by molar-refractivity contribution is 5.13. The van der Waals surface area contributed by atoms with Gasteiger partial charge in [-0.25, -0.2) is 0 Å². The Balaban J connectivity index is 1.97. The maximum atomic E-state index is 12.3. The molecule has 0 unspecified atom stereocenters. The molecule has 0 atom stereocenters. The number of hydrogen-bond donors (Lipinski definition) is 0. The first-order chi connectivity index (χ1) is 12.2. The maximum absolute atomic E-state index is 12.3. The zero-order valence-electron chi connectivity index (χ0n) is 14.6.